The van der Waals surface area contributed by atoms with E-state index >= 15 is 0 Å². The van der Waals surface area contributed by atoms with Crippen molar-refractivity contribution in [1.29, 1.82) is 0 Å². The van der Waals surface area contributed by atoms with Crippen LogP contribution < -0.4 is 4.74 Å². The van der Waals surface area contributed by atoms with E-state index in [1.54, 1.807) is 14.0 Å². The number of carbonyl (C=O) groups is 3. The van der Waals surface area contributed by atoms with E-state index in [1.807, 2.05) is 0 Å². The molecule has 1 aromatic heterocycles. The Balaban J connectivity index is 2.02. The number of ketones is 1. The third-order valence-corrected chi connectivity index (χ3v) is 8.13. The molecule has 11 nitrogen and oxygen atoms in total. The van der Waals surface area contributed by atoms with Gasteiger partial charge in [-0.05, 0) is 31.9 Å². The Hall–Kier alpha value is -3.12. The zero-order valence-corrected chi connectivity index (χ0v) is 22.0. The SMILES string of the molecule is CCOC(=O)OC(C)Oc1c(C(=O)c2ccc(C(=O)OC)c(N=S3(=O)CCCCC3)c2Cl)cnn1C. The van der Waals surface area contributed by atoms with Crippen molar-refractivity contribution < 1.29 is 37.5 Å². The fraction of sp³-hybridized carbons (Fsp3) is 0.478. The monoisotopic (exact) mass is 541 g/mol. The van der Waals surface area contributed by atoms with Crippen LogP contribution in [0.25, 0.3) is 0 Å². The van der Waals surface area contributed by atoms with Crippen LogP contribution in [0.3, 0.4) is 0 Å². The third kappa shape index (κ3) is 6.16. The van der Waals surface area contributed by atoms with E-state index in [2.05, 4.69) is 9.46 Å². The van der Waals surface area contributed by atoms with Gasteiger partial charge in [0.1, 0.15) is 11.3 Å². The molecule has 0 aliphatic carbocycles. The van der Waals surface area contributed by atoms with E-state index in [0.29, 0.717) is 11.5 Å². The van der Waals surface area contributed by atoms with Crippen molar-refractivity contribution >= 4 is 44.9 Å². The fourth-order valence-electron chi connectivity index (χ4n) is 3.63. The van der Waals surface area contributed by atoms with Gasteiger partial charge in [-0.2, -0.15) is 9.46 Å². The molecule has 0 bridgehead atoms. The van der Waals surface area contributed by atoms with Crippen LogP contribution in [0, 0.1) is 0 Å². The molecule has 1 aliphatic rings. The molecule has 1 aliphatic heterocycles. The Bertz CT molecular complexity index is 1270. The zero-order chi connectivity index (χ0) is 26.5. The van der Waals surface area contributed by atoms with E-state index in [-0.39, 0.29) is 39.9 Å². The van der Waals surface area contributed by atoms with Crippen molar-refractivity contribution in [2.45, 2.75) is 39.4 Å². The van der Waals surface area contributed by atoms with Crippen LogP contribution in [0.15, 0.2) is 22.7 Å². The van der Waals surface area contributed by atoms with Gasteiger partial charge >= 0.3 is 12.1 Å². The van der Waals surface area contributed by atoms with Gasteiger partial charge in [0.25, 0.3) is 0 Å². The molecule has 0 amide bonds. The predicted octanol–water partition coefficient (Wildman–Crippen LogP) is 4.27. The molecule has 3 rings (SSSR count). The predicted molar refractivity (Wildman–Crippen MR) is 131 cm³/mol. The number of benzene rings is 1. The maximum atomic E-state index is 13.5. The van der Waals surface area contributed by atoms with Gasteiger partial charge in [0.15, 0.2) is 0 Å². The second-order valence-electron chi connectivity index (χ2n) is 7.95. The Labute approximate surface area is 214 Å². The van der Waals surface area contributed by atoms with Gasteiger partial charge in [-0.25, -0.2) is 18.5 Å². The standard InChI is InChI=1S/C23H28ClN3O8S/c1-5-33-23(30)35-14(2)34-21-17(13-25-27(21)3)20(28)15-9-10-16(22(29)32-4)19(18(15)24)26-36(31)11-7-6-8-12-36/h9-10,13-14H,5-8,11-12H2,1-4H3. The van der Waals surface area contributed by atoms with Crippen molar-refractivity contribution in [2.24, 2.45) is 11.4 Å². The van der Waals surface area contributed by atoms with Crippen LogP contribution >= 0.6 is 11.6 Å². The Morgan fingerprint density at radius 1 is 1.17 bits per heavy atom. The van der Waals surface area contributed by atoms with E-state index in [1.165, 1.54) is 37.0 Å². The summed E-state index contributed by atoms with van der Waals surface area (Å²) in [5, 5.41) is 3.92. The minimum absolute atomic E-state index is 0.00121. The third-order valence-electron chi connectivity index (χ3n) is 5.38. The van der Waals surface area contributed by atoms with Crippen LogP contribution in [0.4, 0.5) is 10.5 Å². The molecule has 0 radical (unpaired) electrons. The van der Waals surface area contributed by atoms with Crippen LogP contribution in [0.1, 0.15) is 59.4 Å². The summed E-state index contributed by atoms with van der Waals surface area (Å²) >= 11 is 6.61. The molecule has 1 atom stereocenters. The van der Waals surface area contributed by atoms with E-state index in [0.717, 1.165) is 19.3 Å². The number of carbonyl (C=O) groups excluding carboxylic acids is 3. The molecule has 1 fully saturated rings. The minimum Gasteiger partial charge on any atom is -0.465 e. The normalized spacial score (nSPS) is 15.5. The van der Waals surface area contributed by atoms with Gasteiger partial charge in [0, 0.05) is 31.0 Å². The van der Waals surface area contributed by atoms with E-state index in [4.69, 9.17) is 30.5 Å². The molecule has 1 unspecified atom stereocenters. The molecule has 0 spiro atoms. The van der Waals surface area contributed by atoms with Crippen LogP contribution in [-0.4, -0.2) is 63.4 Å². The van der Waals surface area contributed by atoms with Crippen LogP contribution in [0.2, 0.25) is 5.02 Å². The van der Waals surface area contributed by atoms with Crippen molar-refractivity contribution in [3.05, 3.63) is 40.0 Å². The first-order valence-electron chi connectivity index (χ1n) is 11.3. The van der Waals surface area contributed by atoms with Crippen molar-refractivity contribution in [1.82, 2.24) is 9.78 Å². The molecule has 1 saturated heterocycles. The molecule has 196 valence electrons. The average Bonchev–Trinajstić information content (AvgIpc) is 3.19. The lowest BCUT2D eigenvalue weighted by molar-refractivity contribution is -0.0555. The summed E-state index contributed by atoms with van der Waals surface area (Å²) in [4.78, 5) is 37.5. The summed E-state index contributed by atoms with van der Waals surface area (Å²) in [5.74, 6) is -0.537. The smallest absolute Gasteiger partial charge is 0.465 e. The molecule has 1 aromatic carbocycles. The number of ether oxygens (including phenoxy) is 4. The lowest BCUT2D eigenvalue weighted by atomic mass is 10.0. The molecule has 2 heterocycles. The Morgan fingerprint density at radius 3 is 2.47 bits per heavy atom. The second kappa shape index (κ2) is 11.7. The van der Waals surface area contributed by atoms with Gasteiger partial charge in [0.05, 0.1) is 40.2 Å². The van der Waals surface area contributed by atoms with Crippen LogP contribution in [-0.2, 0) is 31.0 Å². The van der Waals surface area contributed by atoms with Crippen LogP contribution in [0.5, 0.6) is 5.88 Å². The molecule has 13 heteroatoms. The lowest BCUT2D eigenvalue weighted by Gasteiger charge is -2.18. The number of methoxy groups -OCH3 is 1. The summed E-state index contributed by atoms with van der Waals surface area (Å²) in [6, 6.07) is 2.72. The molecule has 2 aromatic rings. The van der Waals surface area contributed by atoms with Crippen molar-refractivity contribution in [3.8, 4) is 5.88 Å². The highest BCUT2D eigenvalue weighted by atomic mass is 35.5. The van der Waals surface area contributed by atoms with Gasteiger partial charge < -0.3 is 18.9 Å². The highest BCUT2D eigenvalue weighted by Gasteiger charge is 2.28. The Kier molecular flexibility index (Phi) is 8.96. The lowest BCUT2D eigenvalue weighted by Crippen LogP contribution is -2.23. The quantitative estimate of drug-likeness (QED) is 0.272. The highest BCUT2D eigenvalue weighted by molar-refractivity contribution is 7.93. The topological polar surface area (TPSA) is 135 Å². The first-order chi connectivity index (χ1) is 17.1. The fourth-order valence-corrected chi connectivity index (χ4v) is 6.19. The molecule has 36 heavy (non-hydrogen) atoms. The number of rotatable bonds is 8. The molecule has 0 saturated carbocycles. The van der Waals surface area contributed by atoms with Crippen molar-refractivity contribution in [3.63, 3.8) is 0 Å². The van der Waals surface area contributed by atoms with Crippen molar-refractivity contribution in [2.75, 3.05) is 25.2 Å². The maximum Gasteiger partial charge on any atom is 0.511 e. The first kappa shape index (κ1) is 27.5. The zero-order valence-electron chi connectivity index (χ0n) is 20.4. The number of aromatic nitrogens is 2. The minimum atomic E-state index is -2.65. The van der Waals surface area contributed by atoms with Gasteiger partial charge in [-0.3, -0.25) is 4.79 Å². The molecular formula is C23H28ClN3O8S. The summed E-state index contributed by atoms with van der Waals surface area (Å²) in [7, 11) is 0.0945. The van der Waals surface area contributed by atoms with E-state index in [9.17, 15) is 18.6 Å². The number of halogens is 1. The van der Waals surface area contributed by atoms with E-state index < -0.39 is 33.9 Å². The Morgan fingerprint density at radius 2 is 1.83 bits per heavy atom. The molecular weight excluding hydrogens is 514 g/mol. The number of hydrogen-bond donors (Lipinski definition) is 0. The number of esters is 1. The highest BCUT2D eigenvalue weighted by Crippen LogP contribution is 2.37. The first-order valence-corrected chi connectivity index (χ1v) is 13.5. The number of aryl methyl sites for hydroxylation is 1. The maximum absolute atomic E-state index is 13.5. The summed E-state index contributed by atoms with van der Waals surface area (Å²) < 4.78 is 39.2. The largest absolute Gasteiger partial charge is 0.511 e. The van der Waals surface area contributed by atoms with Gasteiger partial charge in [0.2, 0.25) is 18.0 Å². The summed E-state index contributed by atoms with van der Waals surface area (Å²) in [6.07, 6.45) is 1.69. The number of hydrogen-bond acceptors (Lipinski definition) is 10. The molecule has 0 N–H and O–H groups in total. The van der Waals surface area contributed by atoms with Gasteiger partial charge in [-0.1, -0.05) is 18.0 Å². The summed E-state index contributed by atoms with van der Waals surface area (Å²) in [6.45, 7) is 3.21. The number of nitrogens with zero attached hydrogens (tertiary/aromatic N) is 3. The average molecular weight is 542 g/mol. The summed E-state index contributed by atoms with van der Waals surface area (Å²) in [5.41, 5.74) is -0.0193. The van der Waals surface area contributed by atoms with Gasteiger partial charge in [-0.15, -0.1) is 0 Å². The second-order valence-corrected chi connectivity index (χ2v) is 10.9.